The highest BCUT2D eigenvalue weighted by atomic mass is 16.5. The van der Waals surface area contributed by atoms with E-state index in [0.29, 0.717) is 35.3 Å². The van der Waals surface area contributed by atoms with Crippen LogP contribution in [0.1, 0.15) is 60.8 Å². The Balaban J connectivity index is 2.24. The number of aliphatic hydroxyl groups is 1. The van der Waals surface area contributed by atoms with Crippen LogP contribution in [0.4, 0.5) is 0 Å². The van der Waals surface area contributed by atoms with Crippen molar-refractivity contribution in [1.82, 2.24) is 0 Å². The van der Waals surface area contributed by atoms with Gasteiger partial charge in [-0.05, 0) is 58.2 Å². The number of rotatable bonds is 7. The molecular weight excluding hydrogens is 436 g/mol. The molecule has 0 aliphatic carbocycles. The number of fused-ring (bicyclic) bond motifs is 1. The summed E-state index contributed by atoms with van der Waals surface area (Å²) >= 11 is 0. The molecule has 0 amide bonds. The summed E-state index contributed by atoms with van der Waals surface area (Å²) < 4.78 is 17.0. The van der Waals surface area contributed by atoms with Crippen molar-refractivity contribution in [2.45, 2.75) is 52.7 Å². The number of methoxy groups -OCH3 is 2. The largest absolute Gasteiger partial charge is 0.507 e. The number of phenols is 2. The van der Waals surface area contributed by atoms with Gasteiger partial charge in [-0.25, -0.2) is 0 Å². The first kappa shape index (κ1) is 25.2. The van der Waals surface area contributed by atoms with Crippen molar-refractivity contribution in [3.63, 3.8) is 0 Å². The third-order valence-corrected chi connectivity index (χ3v) is 5.78. The van der Waals surface area contributed by atoms with Crippen molar-refractivity contribution in [1.29, 1.82) is 0 Å². The van der Waals surface area contributed by atoms with E-state index in [-0.39, 0.29) is 28.6 Å². The molecule has 3 N–H and O–H groups in total. The molecule has 0 saturated heterocycles. The van der Waals surface area contributed by atoms with Gasteiger partial charge in [-0.2, -0.15) is 0 Å². The number of ether oxygens (including phenoxy) is 3. The van der Waals surface area contributed by atoms with Crippen LogP contribution < -0.4 is 14.2 Å². The Morgan fingerprint density at radius 2 is 1.62 bits per heavy atom. The van der Waals surface area contributed by atoms with Crippen LogP contribution >= 0.6 is 0 Å². The number of phenolic OH excluding ortho intramolecular Hbond substituents is 2. The lowest BCUT2D eigenvalue weighted by Gasteiger charge is -2.33. The number of aliphatic hydroxyl groups excluding tert-OH is 1. The van der Waals surface area contributed by atoms with Gasteiger partial charge in [0.2, 0.25) is 5.78 Å². The molecule has 7 heteroatoms. The van der Waals surface area contributed by atoms with E-state index in [1.165, 1.54) is 26.4 Å². The molecule has 1 heterocycles. The number of allylic oxidation sites excluding steroid dienone is 4. The van der Waals surface area contributed by atoms with Crippen LogP contribution in [0.25, 0.3) is 0 Å². The predicted octanol–water partition coefficient (Wildman–Crippen LogP) is 4.81. The molecule has 3 rings (SSSR count). The third kappa shape index (κ3) is 4.75. The van der Waals surface area contributed by atoms with E-state index < -0.39 is 18.0 Å². The van der Waals surface area contributed by atoms with Gasteiger partial charge in [-0.3, -0.25) is 4.79 Å². The number of Topliss-reactive ketones (excluding diaryl/α,β-unsaturated/α-hetero) is 1. The molecule has 2 aromatic carbocycles. The fourth-order valence-electron chi connectivity index (χ4n) is 4.01. The van der Waals surface area contributed by atoms with E-state index in [4.69, 9.17) is 14.2 Å². The topological polar surface area (TPSA) is 105 Å². The van der Waals surface area contributed by atoms with Crippen LogP contribution in [-0.2, 0) is 12.8 Å². The first-order valence-corrected chi connectivity index (χ1v) is 11.1. The molecule has 2 unspecified atom stereocenters. The Morgan fingerprint density at radius 1 is 1.00 bits per heavy atom. The van der Waals surface area contributed by atoms with Crippen LogP contribution in [0.15, 0.2) is 41.5 Å². The van der Waals surface area contributed by atoms with E-state index in [1.807, 2.05) is 39.8 Å². The highest BCUT2D eigenvalue weighted by Crippen LogP contribution is 2.49. The maximum absolute atomic E-state index is 13.4. The van der Waals surface area contributed by atoms with Gasteiger partial charge in [0.15, 0.2) is 23.7 Å². The standard InChI is InChI=1S/C27H32O7/c1-14(2)7-10-17-22(29)21-23(30)24(31)25(16-9-12-20(32-5)19(28)13-16)34-27(21)18(26(17)33-6)11-8-15(3)4/h7-9,12-13,24-25,28-29,31H,10-11H2,1-6H3. The molecule has 7 nitrogen and oxygen atoms in total. The molecule has 1 aliphatic heterocycles. The molecule has 0 saturated carbocycles. The van der Waals surface area contributed by atoms with Crippen LogP contribution in [0.3, 0.4) is 0 Å². The Labute approximate surface area is 199 Å². The summed E-state index contributed by atoms with van der Waals surface area (Å²) in [7, 11) is 2.94. The fraction of sp³-hybridized carbons (Fsp3) is 0.370. The summed E-state index contributed by atoms with van der Waals surface area (Å²) in [5.41, 5.74) is 3.52. The monoisotopic (exact) mass is 468 g/mol. The molecular formula is C27H32O7. The second-order valence-electron chi connectivity index (χ2n) is 8.79. The van der Waals surface area contributed by atoms with Gasteiger partial charge < -0.3 is 29.5 Å². The molecule has 0 aromatic heterocycles. The number of hydrogen-bond acceptors (Lipinski definition) is 7. The molecule has 2 atom stereocenters. The quantitative estimate of drug-likeness (QED) is 0.501. The number of hydrogen-bond donors (Lipinski definition) is 3. The maximum atomic E-state index is 13.4. The van der Waals surface area contributed by atoms with E-state index in [1.54, 1.807) is 6.07 Å². The molecule has 1 aliphatic rings. The SMILES string of the molecule is COc1ccc(C2Oc3c(CC=C(C)C)c(OC)c(CC=C(C)C)c(O)c3C(=O)C2O)cc1O. The lowest BCUT2D eigenvalue weighted by molar-refractivity contribution is 0.0205. The van der Waals surface area contributed by atoms with Crippen molar-refractivity contribution in [3.8, 4) is 28.7 Å². The first-order chi connectivity index (χ1) is 16.1. The first-order valence-electron chi connectivity index (χ1n) is 11.1. The lowest BCUT2D eigenvalue weighted by Crippen LogP contribution is -2.37. The summed E-state index contributed by atoms with van der Waals surface area (Å²) in [6.45, 7) is 7.81. The molecule has 182 valence electrons. The second-order valence-corrected chi connectivity index (χ2v) is 8.79. The zero-order valence-electron chi connectivity index (χ0n) is 20.4. The predicted molar refractivity (Wildman–Crippen MR) is 129 cm³/mol. The van der Waals surface area contributed by atoms with Gasteiger partial charge in [0.05, 0.1) is 14.2 Å². The van der Waals surface area contributed by atoms with Gasteiger partial charge in [0, 0.05) is 11.1 Å². The molecule has 0 bridgehead atoms. The van der Waals surface area contributed by atoms with Crippen LogP contribution in [-0.4, -0.2) is 41.4 Å². The summed E-state index contributed by atoms with van der Waals surface area (Å²) in [5.74, 6) is -0.191. The van der Waals surface area contributed by atoms with Gasteiger partial charge >= 0.3 is 0 Å². The van der Waals surface area contributed by atoms with Crippen molar-refractivity contribution >= 4 is 5.78 Å². The van der Waals surface area contributed by atoms with E-state index in [2.05, 4.69) is 0 Å². The Kier molecular flexibility index (Phi) is 7.57. The fourth-order valence-corrected chi connectivity index (χ4v) is 4.01. The van der Waals surface area contributed by atoms with Crippen molar-refractivity contribution in [3.05, 3.63) is 63.8 Å². The van der Waals surface area contributed by atoms with E-state index in [9.17, 15) is 20.1 Å². The zero-order chi connectivity index (χ0) is 25.2. The van der Waals surface area contributed by atoms with E-state index in [0.717, 1.165) is 11.1 Å². The van der Waals surface area contributed by atoms with Crippen molar-refractivity contribution in [2.24, 2.45) is 0 Å². The lowest BCUT2D eigenvalue weighted by atomic mass is 9.87. The number of carbonyl (C=O) groups excluding carboxylic acids is 1. The molecule has 0 fully saturated rings. The molecule has 0 spiro atoms. The highest BCUT2D eigenvalue weighted by Gasteiger charge is 2.42. The minimum Gasteiger partial charge on any atom is -0.507 e. The number of benzene rings is 2. The summed E-state index contributed by atoms with van der Waals surface area (Å²) in [6.07, 6.45) is 2.00. The van der Waals surface area contributed by atoms with Crippen LogP contribution in [0.2, 0.25) is 0 Å². The van der Waals surface area contributed by atoms with Crippen LogP contribution in [0.5, 0.6) is 28.7 Å². The van der Waals surface area contributed by atoms with Gasteiger partial charge in [0.25, 0.3) is 0 Å². The van der Waals surface area contributed by atoms with Crippen molar-refractivity contribution in [2.75, 3.05) is 14.2 Å². The second kappa shape index (κ2) is 10.2. The third-order valence-electron chi connectivity index (χ3n) is 5.78. The van der Waals surface area contributed by atoms with Crippen LogP contribution in [0, 0.1) is 0 Å². The smallest absolute Gasteiger partial charge is 0.202 e. The summed E-state index contributed by atoms with van der Waals surface area (Å²) in [4.78, 5) is 13.4. The Hall–Kier alpha value is -3.45. The minimum atomic E-state index is -1.58. The number of ketones is 1. The summed E-state index contributed by atoms with van der Waals surface area (Å²) in [6, 6.07) is 4.53. The average Bonchev–Trinajstić information content (AvgIpc) is 2.78. The molecule has 34 heavy (non-hydrogen) atoms. The van der Waals surface area contributed by atoms with E-state index >= 15 is 0 Å². The number of carbonyl (C=O) groups is 1. The van der Waals surface area contributed by atoms with Crippen molar-refractivity contribution < 1.29 is 34.3 Å². The van der Waals surface area contributed by atoms with Gasteiger partial charge in [-0.1, -0.05) is 29.4 Å². The number of aromatic hydroxyl groups is 2. The highest BCUT2D eigenvalue weighted by molar-refractivity contribution is 6.06. The van der Waals surface area contributed by atoms with Gasteiger partial charge in [-0.15, -0.1) is 0 Å². The maximum Gasteiger partial charge on any atom is 0.202 e. The molecule has 2 aromatic rings. The average molecular weight is 469 g/mol. The Morgan fingerprint density at radius 3 is 2.15 bits per heavy atom. The van der Waals surface area contributed by atoms with Gasteiger partial charge in [0.1, 0.15) is 22.8 Å². The Bertz CT molecular complexity index is 1150. The zero-order valence-corrected chi connectivity index (χ0v) is 20.4. The summed E-state index contributed by atoms with van der Waals surface area (Å²) in [5, 5.41) is 32.2. The minimum absolute atomic E-state index is 0.0587. The normalized spacial score (nSPS) is 16.9. The molecule has 0 radical (unpaired) electrons.